The molecule has 1 aliphatic rings. The number of hydrogen-bond donors (Lipinski definition) is 2. The molecule has 1 fully saturated rings. The molecule has 25 heavy (non-hydrogen) atoms. The number of ether oxygens (including phenoxy) is 1. The molecule has 1 unspecified atom stereocenters. The van der Waals surface area contributed by atoms with E-state index in [1.165, 1.54) is 11.0 Å². The van der Waals surface area contributed by atoms with Gasteiger partial charge in [-0.2, -0.15) is 0 Å². The van der Waals surface area contributed by atoms with Crippen molar-refractivity contribution in [1.29, 1.82) is 0 Å². The Labute approximate surface area is 149 Å². The number of nitrogens with zero attached hydrogens (tertiary/aromatic N) is 1. The standard InChI is InChI=1S/C16H28N2O6S/c1-14(2,3)16(8-7-10-18(16)13(20)21)9-11-25(22,23)17-12(19)24-15(4,5)6/h9,11H,7-8,10H2,1-6H3,(H,17,19)(H,20,21). The predicted molar refractivity (Wildman–Crippen MR) is 93.6 cm³/mol. The lowest BCUT2D eigenvalue weighted by Gasteiger charge is -2.45. The topological polar surface area (TPSA) is 113 Å². The van der Waals surface area contributed by atoms with Crippen LogP contribution < -0.4 is 4.72 Å². The van der Waals surface area contributed by atoms with E-state index in [1.807, 2.05) is 25.5 Å². The lowest BCUT2D eigenvalue weighted by atomic mass is 9.72. The summed E-state index contributed by atoms with van der Waals surface area (Å²) in [6, 6.07) is 0. The summed E-state index contributed by atoms with van der Waals surface area (Å²) in [5.74, 6) is 0. The number of likely N-dealkylation sites (tertiary alicyclic amines) is 1. The van der Waals surface area contributed by atoms with Gasteiger partial charge in [0, 0.05) is 12.0 Å². The number of amides is 2. The van der Waals surface area contributed by atoms with Crippen LogP contribution in [0.5, 0.6) is 0 Å². The molecule has 0 aromatic rings. The van der Waals surface area contributed by atoms with Crippen molar-refractivity contribution < 1.29 is 27.9 Å². The number of nitrogens with one attached hydrogen (secondary N) is 1. The number of carbonyl (C=O) groups excluding carboxylic acids is 1. The first-order chi connectivity index (χ1) is 11.1. The summed E-state index contributed by atoms with van der Waals surface area (Å²) in [6.07, 6.45) is 0.313. The van der Waals surface area contributed by atoms with Crippen molar-refractivity contribution in [2.75, 3.05) is 6.54 Å². The lowest BCUT2D eigenvalue weighted by Crippen LogP contribution is -2.54. The molecule has 2 N–H and O–H groups in total. The van der Waals surface area contributed by atoms with Gasteiger partial charge in [-0.25, -0.2) is 22.7 Å². The Hall–Kier alpha value is -1.77. The van der Waals surface area contributed by atoms with Crippen LogP contribution in [0.25, 0.3) is 0 Å². The minimum absolute atomic E-state index is 0.330. The maximum Gasteiger partial charge on any atom is 0.421 e. The largest absolute Gasteiger partial charge is 0.465 e. The van der Waals surface area contributed by atoms with Crippen LogP contribution >= 0.6 is 0 Å². The van der Waals surface area contributed by atoms with Crippen LogP contribution in [0.1, 0.15) is 54.4 Å². The fourth-order valence-electron chi connectivity index (χ4n) is 2.96. The summed E-state index contributed by atoms with van der Waals surface area (Å²) in [7, 11) is -4.11. The van der Waals surface area contributed by atoms with Gasteiger partial charge in [0.05, 0.1) is 5.54 Å². The van der Waals surface area contributed by atoms with E-state index in [1.54, 1.807) is 20.8 Å². The normalized spacial score (nSPS) is 22.2. The molecule has 2 amide bonds. The van der Waals surface area contributed by atoms with Gasteiger partial charge >= 0.3 is 12.2 Å². The smallest absolute Gasteiger partial charge is 0.421 e. The molecule has 9 heteroatoms. The third-order valence-corrected chi connectivity index (χ3v) is 5.04. The summed E-state index contributed by atoms with van der Waals surface area (Å²) in [5.41, 5.74) is -2.33. The van der Waals surface area contributed by atoms with Crippen molar-refractivity contribution in [2.24, 2.45) is 5.41 Å². The highest BCUT2D eigenvalue weighted by atomic mass is 32.2. The van der Waals surface area contributed by atoms with Gasteiger partial charge in [0.1, 0.15) is 5.60 Å². The minimum atomic E-state index is -4.11. The average molecular weight is 376 g/mol. The van der Waals surface area contributed by atoms with Crippen LogP contribution in [-0.4, -0.2) is 48.3 Å². The number of carboxylic acid groups (broad SMARTS) is 1. The first kappa shape index (κ1) is 21.3. The second kappa shape index (κ2) is 6.86. The average Bonchev–Trinajstić information content (AvgIpc) is 2.77. The van der Waals surface area contributed by atoms with Crippen LogP contribution in [-0.2, 0) is 14.8 Å². The van der Waals surface area contributed by atoms with E-state index in [9.17, 15) is 23.1 Å². The Morgan fingerprint density at radius 3 is 2.20 bits per heavy atom. The number of sulfonamides is 1. The van der Waals surface area contributed by atoms with Gasteiger partial charge < -0.3 is 9.84 Å². The summed E-state index contributed by atoms with van der Waals surface area (Å²) < 4.78 is 31.1. The molecule has 1 aliphatic heterocycles. The van der Waals surface area contributed by atoms with Crippen LogP contribution in [0.4, 0.5) is 9.59 Å². The van der Waals surface area contributed by atoms with Crippen molar-refractivity contribution in [3.05, 3.63) is 11.5 Å². The molecule has 1 atom stereocenters. The summed E-state index contributed by atoms with van der Waals surface area (Å²) >= 11 is 0. The molecule has 0 spiro atoms. The third kappa shape index (κ3) is 5.35. The number of carbonyl (C=O) groups is 2. The Balaban J connectivity index is 3.09. The zero-order chi connectivity index (χ0) is 19.7. The molecule has 1 heterocycles. The van der Waals surface area contributed by atoms with Gasteiger partial charge in [-0.3, -0.25) is 4.90 Å². The van der Waals surface area contributed by atoms with Gasteiger partial charge in [-0.15, -0.1) is 0 Å². The Bertz CT molecular complexity index is 657. The zero-order valence-corrected chi connectivity index (χ0v) is 16.4. The molecule has 1 rings (SSSR count). The van der Waals surface area contributed by atoms with E-state index < -0.39 is 38.8 Å². The summed E-state index contributed by atoms with van der Waals surface area (Å²) in [4.78, 5) is 24.5. The fraction of sp³-hybridized carbons (Fsp3) is 0.750. The quantitative estimate of drug-likeness (QED) is 0.783. The van der Waals surface area contributed by atoms with Crippen molar-refractivity contribution in [1.82, 2.24) is 9.62 Å². The minimum Gasteiger partial charge on any atom is -0.465 e. The van der Waals surface area contributed by atoms with Crippen molar-refractivity contribution in [2.45, 2.75) is 65.5 Å². The van der Waals surface area contributed by atoms with E-state index in [2.05, 4.69) is 0 Å². The molecule has 0 aliphatic carbocycles. The highest BCUT2D eigenvalue weighted by Crippen LogP contribution is 2.44. The maximum atomic E-state index is 12.2. The molecule has 144 valence electrons. The Morgan fingerprint density at radius 2 is 1.76 bits per heavy atom. The third-order valence-electron chi connectivity index (χ3n) is 4.10. The van der Waals surface area contributed by atoms with Gasteiger partial charge in [0.2, 0.25) is 0 Å². The molecule has 0 bridgehead atoms. The molecule has 0 aromatic heterocycles. The van der Waals surface area contributed by atoms with E-state index in [0.717, 1.165) is 5.41 Å². The molecule has 0 saturated carbocycles. The highest BCUT2D eigenvalue weighted by molar-refractivity contribution is 7.92. The molecule has 0 aromatic carbocycles. The monoisotopic (exact) mass is 376 g/mol. The van der Waals surface area contributed by atoms with E-state index in [0.29, 0.717) is 19.4 Å². The zero-order valence-electron chi connectivity index (χ0n) is 15.6. The van der Waals surface area contributed by atoms with E-state index >= 15 is 0 Å². The van der Waals surface area contributed by atoms with Gasteiger partial charge in [-0.05, 0) is 45.1 Å². The Morgan fingerprint density at radius 1 is 1.20 bits per heavy atom. The highest BCUT2D eigenvalue weighted by Gasteiger charge is 2.50. The van der Waals surface area contributed by atoms with Crippen LogP contribution in [0, 0.1) is 5.41 Å². The van der Waals surface area contributed by atoms with E-state index in [-0.39, 0.29) is 0 Å². The molecule has 0 radical (unpaired) electrons. The van der Waals surface area contributed by atoms with Gasteiger partial charge in [-0.1, -0.05) is 20.8 Å². The first-order valence-electron chi connectivity index (χ1n) is 8.05. The maximum absolute atomic E-state index is 12.2. The molecule has 1 saturated heterocycles. The van der Waals surface area contributed by atoms with Crippen LogP contribution in [0.15, 0.2) is 11.5 Å². The molecule has 8 nitrogen and oxygen atoms in total. The van der Waals surface area contributed by atoms with E-state index in [4.69, 9.17) is 4.74 Å². The van der Waals surface area contributed by atoms with Crippen molar-refractivity contribution in [3.63, 3.8) is 0 Å². The second-order valence-corrected chi connectivity index (χ2v) is 9.73. The SMILES string of the molecule is CC(C)(C)OC(=O)NS(=O)(=O)C=CC1(C(C)(C)C)CCCN1C(=O)O. The van der Waals surface area contributed by atoms with Crippen molar-refractivity contribution in [3.8, 4) is 0 Å². The Kier molecular flexibility index (Phi) is 5.83. The van der Waals surface area contributed by atoms with Crippen LogP contribution in [0.2, 0.25) is 0 Å². The van der Waals surface area contributed by atoms with Gasteiger partial charge in [0.15, 0.2) is 0 Å². The molecular formula is C16H28N2O6S. The first-order valence-corrected chi connectivity index (χ1v) is 9.60. The molecular weight excluding hydrogens is 348 g/mol. The van der Waals surface area contributed by atoms with Crippen LogP contribution in [0.3, 0.4) is 0 Å². The number of hydrogen-bond acceptors (Lipinski definition) is 5. The lowest BCUT2D eigenvalue weighted by molar-refractivity contribution is 0.0569. The summed E-state index contributed by atoms with van der Waals surface area (Å²) in [6.45, 7) is 10.7. The van der Waals surface area contributed by atoms with Gasteiger partial charge in [0.25, 0.3) is 10.0 Å². The predicted octanol–water partition coefficient (Wildman–Crippen LogP) is 2.91. The number of rotatable bonds is 3. The van der Waals surface area contributed by atoms with Crippen molar-refractivity contribution >= 4 is 22.2 Å². The fourth-order valence-corrected chi connectivity index (χ4v) is 3.71. The summed E-state index contributed by atoms with van der Waals surface area (Å²) in [5, 5.41) is 10.3. The second-order valence-electron chi connectivity index (χ2n) is 8.16.